The van der Waals surface area contributed by atoms with E-state index < -0.39 is 22.3 Å². The maximum Gasteiger partial charge on any atom is 1.00 e. The largest absolute Gasteiger partial charge is 1.00 e. The zero-order valence-corrected chi connectivity index (χ0v) is 19.2. The molecule has 0 spiro atoms. The summed E-state index contributed by atoms with van der Waals surface area (Å²) in [5.41, 5.74) is 0.202. The van der Waals surface area contributed by atoms with Gasteiger partial charge in [0.15, 0.2) is 6.03 Å². The molecule has 0 saturated carbocycles. The summed E-state index contributed by atoms with van der Waals surface area (Å²) >= 11 is 5.72. The van der Waals surface area contributed by atoms with Crippen LogP contribution in [0.4, 0.5) is 10.7 Å². The Balaban J connectivity index is 0.00000420. The molecule has 0 atom stereocenters. The third-order valence-corrected chi connectivity index (χ3v) is 3.85. The van der Waals surface area contributed by atoms with Gasteiger partial charge in [-0.1, -0.05) is 11.6 Å². The van der Waals surface area contributed by atoms with Crippen molar-refractivity contribution in [3.05, 3.63) is 45.8 Å². The fraction of sp³-hybridized carbons (Fsp3) is 0.200. The van der Waals surface area contributed by atoms with Crippen LogP contribution < -0.4 is 43.8 Å². The van der Waals surface area contributed by atoms with E-state index in [2.05, 4.69) is 18.9 Å². The van der Waals surface area contributed by atoms with Gasteiger partial charge in [0.2, 0.25) is 5.88 Å². The average molecular weight is 453 g/mol. The topological polar surface area (TPSA) is 148 Å². The molecule has 0 unspecified atom stereocenters. The molecule has 29 heavy (non-hydrogen) atoms. The first-order valence-corrected chi connectivity index (χ1v) is 9.31. The Morgan fingerprint density at radius 1 is 1.21 bits per heavy atom. The quantitative estimate of drug-likeness (QED) is 0.335. The zero-order chi connectivity index (χ0) is 20.7. The smallest absolute Gasteiger partial charge is 0.481 e. The Morgan fingerprint density at radius 3 is 2.45 bits per heavy atom. The van der Waals surface area contributed by atoms with Crippen LogP contribution in [0.2, 0.25) is 5.15 Å². The molecule has 11 nitrogen and oxygen atoms in total. The number of ether oxygens (including phenoxy) is 2. The van der Waals surface area contributed by atoms with Gasteiger partial charge in [-0.05, 0) is 31.2 Å². The molecule has 1 heterocycles. The summed E-state index contributed by atoms with van der Waals surface area (Å²) in [5, 5.41) is 1.99. The Labute approximate surface area is 193 Å². The number of nitrogens with zero attached hydrogens (tertiary/aromatic N) is 3. The minimum atomic E-state index is -4.65. The average Bonchev–Trinajstić information content (AvgIpc) is 2.60. The van der Waals surface area contributed by atoms with Gasteiger partial charge >= 0.3 is 45.8 Å². The van der Waals surface area contributed by atoms with Crippen LogP contribution in [0.1, 0.15) is 17.3 Å². The van der Waals surface area contributed by atoms with E-state index in [1.165, 1.54) is 37.4 Å². The van der Waals surface area contributed by atoms with Crippen LogP contribution in [0.25, 0.3) is 4.72 Å². The van der Waals surface area contributed by atoms with Crippen LogP contribution in [0.3, 0.4) is 0 Å². The van der Waals surface area contributed by atoms with E-state index in [0.717, 1.165) is 0 Å². The summed E-state index contributed by atoms with van der Waals surface area (Å²) in [6, 6.07) is 5.00. The molecule has 1 aromatic heterocycles. The molecule has 0 aliphatic rings. The molecule has 0 radical (unpaired) electrons. The summed E-state index contributed by atoms with van der Waals surface area (Å²) in [4.78, 5) is 30.8. The molecule has 0 saturated heterocycles. The fourth-order valence-corrected chi connectivity index (χ4v) is 2.59. The molecule has 1 N–H and O–H groups in total. The van der Waals surface area contributed by atoms with E-state index in [1.807, 2.05) is 5.32 Å². The fourth-order valence-electron chi connectivity index (χ4n) is 1.78. The van der Waals surface area contributed by atoms with Crippen molar-refractivity contribution in [2.75, 3.05) is 19.0 Å². The number of rotatable bonds is 7. The van der Waals surface area contributed by atoms with Gasteiger partial charge < -0.3 is 19.0 Å². The molecule has 0 fully saturated rings. The number of carbonyl (C=O) groups excluding carboxylic acids is 2. The number of urea groups is 1. The molecule has 14 heteroatoms. The van der Waals surface area contributed by atoms with Gasteiger partial charge in [-0.2, -0.15) is 13.4 Å². The van der Waals surface area contributed by atoms with Crippen LogP contribution in [0, 0.1) is 0 Å². The van der Waals surface area contributed by atoms with Crippen molar-refractivity contribution in [3.63, 3.8) is 0 Å². The van der Waals surface area contributed by atoms with Gasteiger partial charge in [-0.25, -0.2) is 9.78 Å². The predicted octanol–water partition coefficient (Wildman–Crippen LogP) is -0.451. The second-order valence-corrected chi connectivity index (χ2v) is 6.43. The maximum atomic E-state index is 11.9. The van der Waals surface area contributed by atoms with Gasteiger partial charge in [-0.3, -0.25) is 9.52 Å². The van der Waals surface area contributed by atoms with Crippen LogP contribution in [0.15, 0.2) is 30.3 Å². The summed E-state index contributed by atoms with van der Waals surface area (Å²) in [6.07, 6.45) is 0. The molecular formula is C15H14ClN4NaO7S. The van der Waals surface area contributed by atoms with Crippen LogP contribution in [0.5, 0.6) is 11.6 Å². The number of benzene rings is 1. The Hall–Kier alpha value is -2.12. The zero-order valence-electron chi connectivity index (χ0n) is 15.6. The van der Waals surface area contributed by atoms with Gasteiger partial charge in [0, 0.05) is 6.07 Å². The number of hydrogen-bond acceptors (Lipinski definition) is 9. The van der Waals surface area contributed by atoms with Gasteiger partial charge in [0.25, 0.3) is 0 Å². The number of aromatic nitrogens is 2. The number of anilines is 1. The van der Waals surface area contributed by atoms with Crippen molar-refractivity contribution in [1.29, 1.82) is 0 Å². The maximum absolute atomic E-state index is 11.9. The second kappa shape index (κ2) is 11.2. The van der Waals surface area contributed by atoms with Crippen molar-refractivity contribution < 1.29 is 61.2 Å². The summed E-state index contributed by atoms with van der Waals surface area (Å²) in [6.45, 7) is 1.85. The standard InChI is InChI=1S/C15H15ClN4O7S.Na/c1-3-26-13(21)9-4-6-10(7-5-9)27-28(23,24)20-15(22)19-14-17-11(16)8-12(18-14)25-2;/h4-8H,3H2,1-2H3,(H2,17,18,19,20,22);/q;+1/p-1. The molecule has 2 rings (SSSR count). The van der Waals surface area contributed by atoms with Crippen LogP contribution in [-0.4, -0.2) is 44.1 Å². The number of carbonyl (C=O) groups is 2. The number of nitrogens with one attached hydrogen (secondary N) is 1. The number of amides is 2. The van der Waals surface area contributed by atoms with Crippen LogP contribution >= 0.6 is 11.6 Å². The Bertz CT molecular complexity index is 973. The van der Waals surface area contributed by atoms with E-state index in [-0.39, 0.29) is 64.5 Å². The summed E-state index contributed by atoms with van der Waals surface area (Å²) in [5.74, 6) is -0.994. The van der Waals surface area contributed by atoms with E-state index in [4.69, 9.17) is 21.1 Å². The van der Waals surface area contributed by atoms with Crippen molar-refractivity contribution in [3.8, 4) is 11.6 Å². The van der Waals surface area contributed by atoms with Crippen molar-refractivity contribution >= 4 is 39.9 Å². The molecule has 2 aromatic rings. The van der Waals surface area contributed by atoms with E-state index in [1.54, 1.807) is 6.92 Å². The first kappa shape index (κ1) is 24.9. The third kappa shape index (κ3) is 8.03. The van der Waals surface area contributed by atoms with Gasteiger partial charge in [-0.15, -0.1) is 0 Å². The first-order chi connectivity index (χ1) is 13.2. The van der Waals surface area contributed by atoms with Gasteiger partial charge in [0.1, 0.15) is 16.9 Å². The van der Waals surface area contributed by atoms with Crippen molar-refractivity contribution in [1.82, 2.24) is 9.97 Å². The minimum Gasteiger partial charge on any atom is -0.481 e. The molecular weight excluding hydrogens is 439 g/mol. The Morgan fingerprint density at radius 2 is 1.86 bits per heavy atom. The molecule has 0 aliphatic heterocycles. The third-order valence-electron chi connectivity index (χ3n) is 2.86. The van der Waals surface area contributed by atoms with Crippen molar-refractivity contribution in [2.45, 2.75) is 6.92 Å². The summed E-state index contributed by atoms with van der Waals surface area (Å²) in [7, 11) is -3.33. The SMILES string of the molecule is CCOC(=O)c1ccc(OS(=O)(=O)[N-]C(=O)Nc2nc(Cl)cc(OC)n2)cc1.[Na+]. The predicted molar refractivity (Wildman–Crippen MR) is 97.9 cm³/mol. The monoisotopic (exact) mass is 452 g/mol. The second-order valence-electron chi connectivity index (χ2n) is 4.83. The number of esters is 1. The number of halogens is 1. The van der Waals surface area contributed by atoms with E-state index >= 15 is 0 Å². The Kier molecular flexibility index (Phi) is 9.59. The molecule has 0 aliphatic carbocycles. The molecule has 2 amide bonds. The van der Waals surface area contributed by atoms with Gasteiger partial charge in [0.05, 0.1) is 19.3 Å². The summed E-state index contributed by atoms with van der Waals surface area (Å²) < 4.78 is 41.0. The molecule has 0 bridgehead atoms. The van der Waals surface area contributed by atoms with Crippen molar-refractivity contribution in [2.24, 2.45) is 0 Å². The van der Waals surface area contributed by atoms with Crippen LogP contribution in [-0.2, 0) is 15.0 Å². The number of methoxy groups -OCH3 is 1. The van der Waals surface area contributed by atoms with E-state index in [9.17, 15) is 18.0 Å². The molecule has 150 valence electrons. The normalized spacial score (nSPS) is 10.3. The molecule has 1 aromatic carbocycles. The first-order valence-electron chi connectivity index (χ1n) is 7.56. The van der Waals surface area contributed by atoms with E-state index in [0.29, 0.717) is 0 Å². The number of hydrogen-bond donors (Lipinski definition) is 1. The minimum absolute atomic E-state index is 0.